The van der Waals surface area contributed by atoms with Gasteiger partial charge in [-0.3, -0.25) is 4.79 Å². The number of anilines is 1. The Kier molecular flexibility index (Phi) is 5.92. The summed E-state index contributed by atoms with van der Waals surface area (Å²) in [5.74, 6) is 1.25. The monoisotopic (exact) mass is 339 g/mol. The number of benzene rings is 2. The van der Waals surface area contributed by atoms with Gasteiger partial charge in [-0.15, -0.1) is 0 Å². The molecule has 0 aliphatic rings. The van der Waals surface area contributed by atoms with E-state index in [0.29, 0.717) is 21.5 Å². The zero-order valence-corrected chi connectivity index (χ0v) is 13.4. The van der Waals surface area contributed by atoms with Crippen molar-refractivity contribution in [2.75, 3.05) is 19.0 Å². The zero-order valence-electron chi connectivity index (χ0n) is 11.9. The van der Waals surface area contributed by atoms with Crippen molar-refractivity contribution >= 4 is 34.8 Å². The molecule has 0 heterocycles. The van der Waals surface area contributed by atoms with E-state index in [1.165, 1.54) is 0 Å². The number of carbonyl (C=O) groups excluding carboxylic acids is 1. The van der Waals surface area contributed by atoms with Crippen LogP contribution in [0.15, 0.2) is 42.5 Å². The second-order valence-corrected chi connectivity index (χ2v) is 5.29. The Bertz CT molecular complexity index is 644. The van der Waals surface area contributed by atoms with Gasteiger partial charge in [0.1, 0.15) is 11.5 Å². The Hall–Kier alpha value is -1.91. The Morgan fingerprint density at radius 3 is 2.41 bits per heavy atom. The van der Waals surface area contributed by atoms with Crippen molar-refractivity contribution in [3.63, 3.8) is 0 Å². The topological polar surface area (TPSA) is 47.6 Å². The van der Waals surface area contributed by atoms with Crippen molar-refractivity contribution in [2.45, 2.75) is 6.42 Å². The van der Waals surface area contributed by atoms with Crippen molar-refractivity contribution < 1.29 is 14.3 Å². The highest BCUT2D eigenvalue weighted by atomic mass is 35.5. The third kappa shape index (κ3) is 4.83. The first-order valence-corrected chi connectivity index (χ1v) is 7.36. The normalized spacial score (nSPS) is 10.1. The highest BCUT2D eigenvalue weighted by Gasteiger charge is 2.07. The number of carbonyl (C=O) groups is 1. The second kappa shape index (κ2) is 7.92. The highest BCUT2D eigenvalue weighted by Crippen LogP contribution is 2.25. The van der Waals surface area contributed by atoms with E-state index in [9.17, 15) is 4.79 Å². The van der Waals surface area contributed by atoms with Gasteiger partial charge >= 0.3 is 0 Å². The van der Waals surface area contributed by atoms with Gasteiger partial charge in [0.25, 0.3) is 0 Å². The molecule has 6 heteroatoms. The van der Waals surface area contributed by atoms with Gasteiger partial charge in [0.15, 0.2) is 0 Å². The predicted molar refractivity (Wildman–Crippen MR) is 88.2 cm³/mol. The lowest BCUT2D eigenvalue weighted by molar-refractivity contribution is -0.116. The minimum atomic E-state index is -0.183. The van der Waals surface area contributed by atoms with Gasteiger partial charge in [-0.2, -0.15) is 0 Å². The molecule has 0 spiro atoms. The average Bonchev–Trinajstić information content (AvgIpc) is 2.51. The van der Waals surface area contributed by atoms with E-state index in [1.54, 1.807) is 49.6 Å². The Labute approximate surface area is 138 Å². The lowest BCUT2D eigenvalue weighted by atomic mass is 10.3. The molecular weight excluding hydrogens is 325 g/mol. The first kappa shape index (κ1) is 16.5. The number of halogens is 2. The summed E-state index contributed by atoms with van der Waals surface area (Å²) in [6, 6.07) is 12.1. The molecule has 0 aliphatic carbocycles. The number of rotatable bonds is 6. The minimum absolute atomic E-state index is 0.183. The van der Waals surface area contributed by atoms with Gasteiger partial charge in [-0.1, -0.05) is 23.2 Å². The van der Waals surface area contributed by atoms with E-state index < -0.39 is 0 Å². The molecule has 0 atom stereocenters. The van der Waals surface area contributed by atoms with E-state index in [2.05, 4.69) is 5.32 Å². The largest absolute Gasteiger partial charge is 0.497 e. The molecule has 0 bridgehead atoms. The molecule has 0 aliphatic heterocycles. The first-order valence-electron chi connectivity index (χ1n) is 6.60. The Morgan fingerprint density at radius 2 is 1.77 bits per heavy atom. The maximum atomic E-state index is 11.8. The molecule has 0 aromatic heterocycles. The lowest BCUT2D eigenvalue weighted by Gasteiger charge is -2.09. The van der Waals surface area contributed by atoms with Crippen LogP contribution in [0.4, 0.5) is 5.69 Å². The molecule has 0 unspecified atom stereocenters. The lowest BCUT2D eigenvalue weighted by Crippen LogP contribution is -2.15. The summed E-state index contributed by atoms with van der Waals surface area (Å²) in [6.07, 6.45) is 0.213. The van der Waals surface area contributed by atoms with Crippen LogP contribution >= 0.6 is 23.2 Å². The third-order valence-electron chi connectivity index (χ3n) is 2.86. The van der Waals surface area contributed by atoms with Crippen LogP contribution in [0.1, 0.15) is 6.42 Å². The summed E-state index contributed by atoms with van der Waals surface area (Å²) in [5.41, 5.74) is 0.528. The van der Waals surface area contributed by atoms with Gasteiger partial charge in [-0.25, -0.2) is 0 Å². The number of amides is 1. The van der Waals surface area contributed by atoms with Crippen LogP contribution < -0.4 is 14.8 Å². The summed E-state index contributed by atoms with van der Waals surface area (Å²) in [5, 5.41) is 3.63. The van der Waals surface area contributed by atoms with Crippen LogP contribution in [0.5, 0.6) is 11.5 Å². The summed E-state index contributed by atoms with van der Waals surface area (Å²) in [6.45, 7) is 0.267. The van der Waals surface area contributed by atoms with Gasteiger partial charge in [0, 0.05) is 5.02 Å². The van der Waals surface area contributed by atoms with E-state index >= 15 is 0 Å². The van der Waals surface area contributed by atoms with E-state index in [-0.39, 0.29) is 18.9 Å². The zero-order chi connectivity index (χ0) is 15.9. The number of methoxy groups -OCH3 is 1. The van der Waals surface area contributed by atoms with E-state index in [4.69, 9.17) is 32.7 Å². The fourth-order valence-electron chi connectivity index (χ4n) is 1.74. The number of hydrogen-bond acceptors (Lipinski definition) is 3. The highest BCUT2D eigenvalue weighted by molar-refractivity contribution is 6.36. The van der Waals surface area contributed by atoms with Crippen molar-refractivity contribution in [2.24, 2.45) is 0 Å². The van der Waals surface area contributed by atoms with E-state index in [0.717, 1.165) is 5.75 Å². The summed E-state index contributed by atoms with van der Waals surface area (Å²) in [4.78, 5) is 11.8. The quantitative estimate of drug-likeness (QED) is 0.847. The van der Waals surface area contributed by atoms with Crippen LogP contribution in [-0.4, -0.2) is 19.6 Å². The second-order valence-electron chi connectivity index (χ2n) is 4.45. The molecule has 0 radical (unpaired) electrons. The van der Waals surface area contributed by atoms with Crippen molar-refractivity contribution in [3.05, 3.63) is 52.5 Å². The molecular formula is C16H15Cl2NO3. The molecule has 0 saturated carbocycles. The molecule has 1 N–H and O–H groups in total. The Balaban J connectivity index is 1.79. The van der Waals surface area contributed by atoms with E-state index in [1.807, 2.05) is 0 Å². The van der Waals surface area contributed by atoms with Gasteiger partial charge in [0.05, 0.1) is 30.8 Å². The third-order valence-corrected chi connectivity index (χ3v) is 3.41. The molecule has 22 heavy (non-hydrogen) atoms. The van der Waals surface area contributed by atoms with Crippen LogP contribution in [-0.2, 0) is 4.79 Å². The van der Waals surface area contributed by atoms with Gasteiger partial charge in [0.2, 0.25) is 5.91 Å². The molecule has 116 valence electrons. The van der Waals surface area contributed by atoms with Crippen molar-refractivity contribution in [1.29, 1.82) is 0 Å². The number of hydrogen-bond donors (Lipinski definition) is 1. The molecule has 2 aromatic carbocycles. The average molecular weight is 340 g/mol. The van der Waals surface area contributed by atoms with Crippen LogP contribution in [0.25, 0.3) is 0 Å². The fourth-order valence-corrected chi connectivity index (χ4v) is 2.19. The maximum Gasteiger partial charge on any atom is 0.227 e. The minimum Gasteiger partial charge on any atom is -0.497 e. The molecule has 4 nitrogen and oxygen atoms in total. The maximum absolute atomic E-state index is 11.8. The summed E-state index contributed by atoms with van der Waals surface area (Å²) >= 11 is 11.8. The van der Waals surface area contributed by atoms with Crippen molar-refractivity contribution in [1.82, 2.24) is 0 Å². The standard InChI is InChI=1S/C16H15Cl2NO3/c1-21-12-3-5-13(6-4-12)22-9-8-16(20)19-15-7-2-11(17)10-14(15)18/h2-7,10H,8-9H2,1H3,(H,19,20). The number of nitrogens with one attached hydrogen (secondary N) is 1. The first-order chi connectivity index (χ1) is 10.6. The van der Waals surface area contributed by atoms with Crippen LogP contribution in [0.2, 0.25) is 10.0 Å². The number of ether oxygens (including phenoxy) is 2. The summed E-state index contributed by atoms with van der Waals surface area (Å²) in [7, 11) is 1.60. The van der Waals surface area contributed by atoms with Crippen molar-refractivity contribution in [3.8, 4) is 11.5 Å². The molecule has 0 saturated heterocycles. The SMILES string of the molecule is COc1ccc(OCCC(=O)Nc2ccc(Cl)cc2Cl)cc1. The Morgan fingerprint density at radius 1 is 1.09 bits per heavy atom. The molecule has 0 fully saturated rings. The van der Waals surface area contributed by atoms with Crippen LogP contribution in [0, 0.1) is 0 Å². The van der Waals surface area contributed by atoms with Gasteiger partial charge < -0.3 is 14.8 Å². The smallest absolute Gasteiger partial charge is 0.227 e. The molecule has 2 rings (SSSR count). The predicted octanol–water partition coefficient (Wildman–Crippen LogP) is 4.41. The fraction of sp³-hybridized carbons (Fsp3) is 0.188. The summed E-state index contributed by atoms with van der Waals surface area (Å²) < 4.78 is 10.5. The molecule has 1 amide bonds. The van der Waals surface area contributed by atoms with Gasteiger partial charge in [-0.05, 0) is 42.5 Å². The molecule has 2 aromatic rings. The van der Waals surface area contributed by atoms with Crippen LogP contribution in [0.3, 0.4) is 0 Å².